The summed E-state index contributed by atoms with van der Waals surface area (Å²) in [6, 6.07) is 0. The average molecular weight is 168 g/mol. The molecule has 2 nitrogen and oxygen atoms in total. The lowest BCUT2D eigenvalue weighted by Gasteiger charge is -2.12. The molecule has 0 N–H and O–H groups in total. The van der Waals surface area contributed by atoms with Gasteiger partial charge in [-0.15, -0.1) is 0 Å². The van der Waals surface area contributed by atoms with Crippen molar-refractivity contribution in [2.24, 2.45) is 5.41 Å². The SMILES string of the molecule is CC(C)(C)/C=C/C1CCC(=O)O1. The van der Waals surface area contributed by atoms with Crippen LogP contribution in [0.5, 0.6) is 0 Å². The van der Waals surface area contributed by atoms with Crippen LogP contribution >= 0.6 is 0 Å². The van der Waals surface area contributed by atoms with E-state index in [1.165, 1.54) is 0 Å². The minimum Gasteiger partial charge on any atom is -0.458 e. The van der Waals surface area contributed by atoms with Crippen LogP contribution < -0.4 is 0 Å². The lowest BCUT2D eigenvalue weighted by molar-refractivity contribution is -0.140. The summed E-state index contributed by atoms with van der Waals surface area (Å²) >= 11 is 0. The van der Waals surface area contributed by atoms with Crippen LogP contribution in [0.2, 0.25) is 0 Å². The third-order valence-electron chi connectivity index (χ3n) is 1.73. The summed E-state index contributed by atoms with van der Waals surface area (Å²) in [6.45, 7) is 6.38. The van der Waals surface area contributed by atoms with Gasteiger partial charge in [-0.1, -0.05) is 26.8 Å². The van der Waals surface area contributed by atoms with E-state index in [9.17, 15) is 4.79 Å². The van der Waals surface area contributed by atoms with Gasteiger partial charge in [-0.05, 0) is 17.9 Å². The molecule has 12 heavy (non-hydrogen) atoms. The number of hydrogen-bond donors (Lipinski definition) is 0. The molecule has 2 heteroatoms. The zero-order chi connectivity index (χ0) is 9.19. The molecule has 0 bridgehead atoms. The first-order valence-corrected chi connectivity index (χ1v) is 4.36. The average Bonchev–Trinajstić information content (AvgIpc) is 2.30. The second kappa shape index (κ2) is 3.30. The van der Waals surface area contributed by atoms with Crippen molar-refractivity contribution >= 4 is 5.97 Å². The summed E-state index contributed by atoms with van der Waals surface area (Å²) in [5, 5.41) is 0. The highest BCUT2D eigenvalue weighted by molar-refractivity contribution is 5.71. The van der Waals surface area contributed by atoms with Crippen molar-refractivity contribution in [3.63, 3.8) is 0 Å². The van der Waals surface area contributed by atoms with Crippen molar-refractivity contribution in [1.29, 1.82) is 0 Å². The fraction of sp³-hybridized carbons (Fsp3) is 0.700. The molecule has 1 rings (SSSR count). The first-order chi connectivity index (χ1) is 5.47. The second-order valence-corrected chi connectivity index (χ2v) is 4.29. The molecular formula is C10H16O2. The smallest absolute Gasteiger partial charge is 0.306 e. The second-order valence-electron chi connectivity index (χ2n) is 4.29. The highest BCUT2D eigenvalue weighted by Gasteiger charge is 2.20. The minimum absolute atomic E-state index is 0.0247. The number of rotatable bonds is 1. The topological polar surface area (TPSA) is 26.3 Å². The Balaban J connectivity index is 2.42. The third kappa shape index (κ3) is 3.07. The molecule has 1 heterocycles. The van der Waals surface area contributed by atoms with Crippen LogP contribution in [0.25, 0.3) is 0 Å². The lowest BCUT2D eigenvalue weighted by Crippen LogP contribution is -2.06. The molecule has 0 amide bonds. The number of carbonyl (C=O) groups excluding carboxylic acids is 1. The van der Waals surface area contributed by atoms with E-state index in [2.05, 4.69) is 26.8 Å². The highest BCUT2D eigenvalue weighted by Crippen LogP contribution is 2.19. The van der Waals surface area contributed by atoms with E-state index < -0.39 is 0 Å². The molecule has 1 saturated heterocycles. The maximum absolute atomic E-state index is 10.7. The number of cyclic esters (lactones) is 1. The number of hydrogen-bond acceptors (Lipinski definition) is 2. The van der Waals surface area contributed by atoms with E-state index in [1.807, 2.05) is 6.08 Å². The molecule has 1 unspecified atom stereocenters. The summed E-state index contributed by atoms with van der Waals surface area (Å²) in [7, 11) is 0. The van der Waals surface area contributed by atoms with Crippen molar-refractivity contribution in [3.05, 3.63) is 12.2 Å². The van der Waals surface area contributed by atoms with Crippen molar-refractivity contribution in [2.45, 2.75) is 39.7 Å². The molecule has 0 aromatic carbocycles. The van der Waals surface area contributed by atoms with Gasteiger partial charge in [0.05, 0.1) is 0 Å². The molecule has 0 spiro atoms. The first-order valence-electron chi connectivity index (χ1n) is 4.36. The summed E-state index contributed by atoms with van der Waals surface area (Å²) in [4.78, 5) is 10.7. The third-order valence-corrected chi connectivity index (χ3v) is 1.73. The molecule has 0 aromatic rings. The molecule has 68 valence electrons. The Kier molecular flexibility index (Phi) is 2.55. The van der Waals surface area contributed by atoms with Gasteiger partial charge in [0.2, 0.25) is 0 Å². The summed E-state index contributed by atoms with van der Waals surface area (Å²) in [6.07, 6.45) is 5.52. The molecule has 0 saturated carbocycles. The Morgan fingerprint density at radius 1 is 1.50 bits per heavy atom. The molecule has 0 aromatic heterocycles. The van der Waals surface area contributed by atoms with Crippen molar-refractivity contribution < 1.29 is 9.53 Å². The fourth-order valence-corrected chi connectivity index (χ4v) is 1.08. The van der Waals surface area contributed by atoms with Gasteiger partial charge in [0, 0.05) is 6.42 Å². The van der Waals surface area contributed by atoms with Crippen LogP contribution in [-0.2, 0) is 9.53 Å². The molecule has 1 aliphatic rings. The number of carbonyl (C=O) groups is 1. The van der Waals surface area contributed by atoms with Gasteiger partial charge < -0.3 is 4.74 Å². The van der Waals surface area contributed by atoms with Gasteiger partial charge >= 0.3 is 5.97 Å². The largest absolute Gasteiger partial charge is 0.458 e. The summed E-state index contributed by atoms with van der Waals surface area (Å²) in [5.41, 5.74) is 0.176. The van der Waals surface area contributed by atoms with Gasteiger partial charge in [-0.3, -0.25) is 4.79 Å². The van der Waals surface area contributed by atoms with Crippen LogP contribution in [-0.4, -0.2) is 12.1 Å². The monoisotopic (exact) mass is 168 g/mol. The molecule has 1 aliphatic heterocycles. The molecule has 1 atom stereocenters. The Morgan fingerprint density at radius 2 is 2.17 bits per heavy atom. The zero-order valence-corrected chi connectivity index (χ0v) is 7.96. The van der Waals surface area contributed by atoms with Gasteiger partial charge in [0.25, 0.3) is 0 Å². The standard InChI is InChI=1S/C10H16O2/c1-10(2,3)7-6-8-4-5-9(11)12-8/h6-8H,4-5H2,1-3H3/b7-6+. The van der Waals surface area contributed by atoms with E-state index in [0.717, 1.165) is 6.42 Å². The number of allylic oxidation sites excluding steroid dienone is 1. The Bertz CT molecular complexity index is 198. The van der Waals surface area contributed by atoms with Crippen molar-refractivity contribution in [1.82, 2.24) is 0 Å². The predicted octanol–water partition coefficient (Wildman–Crippen LogP) is 2.29. The van der Waals surface area contributed by atoms with E-state index in [4.69, 9.17) is 4.74 Å². The molecular weight excluding hydrogens is 152 g/mol. The van der Waals surface area contributed by atoms with Crippen LogP contribution in [0.1, 0.15) is 33.6 Å². The first kappa shape index (κ1) is 9.30. The van der Waals surface area contributed by atoms with Gasteiger partial charge in [0.15, 0.2) is 0 Å². The maximum atomic E-state index is 10.7. The van der Waals surface area contributed by atoms with Gasteiger partial charge in [-0.2, -0.15) is 0 Å². The Hall–Kier alpha value is -0.790. The summed E-state index contributed by atoms with van der Waals surface area (Å²) < 4.78 is 5.03. The van der Waals surface area contributed by atoms with Gasteiger partial charge in [-0.25, -0.2) is 0 Å². The zero-order valence-electron chi connectivity index (χ0n) is 7.96. The Morgan fingerprint density at radius 3 is 2.58 bits per heavy atom. The van der Waals surface area contributed by atoms with Crippen molar-refractivity contribution in [3.8, 4) is 0 Å². The van der Waals surface area contributed by atoms with Crippen LogP contribution in [0.15, 0.2) is 12.2 Å². The minimum atomic E-state index is -0.0708. The van der Waals surface area contributed by atoms with Crippen LogP contribution in [0.3, 0.4) is 0 Å². The quantitative estimate of drug-likeness (QED) is 0.443. The molecule has 1 fully saturated rings. The van der Waals surface area contributed by atoms with Crippen molar-refractivity contribution in [2.75, 3.05) is 0 Å². The molecule has 0 radical (unpaired) electrons. The van der Waals surface area contributed by atoms with Gasteiger partial charge in [0.1, 0.15) is 6.10 Å². The van der Waals surface area contributed by atoms with E-state index >= 15 is 0 Å². The van der Waals surface area contributed by atoms with Crippen LogP contribution in [0.4, 0.5) is 0 Å². The Labute approximate surface area is 73.6 Å². The number of ether oxygens (including phenoxy) is 1. The highest BCUT2D eigenvalue weighted by atomic mass is 16.5. The number of esters is 1. The maximum Gasteiger partial charge on any atom is 0.306 e. The van der Waals surface area contributed by atoms with E-state index in [0.29, 0.717) is 6.42 Å². The normalized spacial score (nSPS) is 24.9. The van der Waals surface area contributed by atoms with E-state index in [1.54, 1.807) is 0 Å². The molecule has 0 aliphatic carbocycles. The summed E-state index contributed by atoms with van der Waals surface area (Å²) in [5.74, 6) is -0.0708. The lowest BCUT2D eigenvalue weighted by atomic mass is 9.95. The fourth-order valence-electron chi connectivity index (χ4n) is 1.08. The predicted molar refractivity (Wildman–Crippen MR) is 47.7 cm³/mol. The van der Waals surface area contributed by atoms with E-state index in [-0.39, 0.29) is 17.5 Å². The van der Waals surface area contributed by atoms with Crippen LogP contribution in [0, 0.1) is 5.41 Å².